The van der Waals surface area contributed by atoms with Gasteiger partial charge >= 0.3 is 0 Å². The van der Waals surface area contributed by atoms with E-state index in [1.807, 2.05) is 6.07 Å². The lowest BCUT2D eigenvalue weighted by Gasteiger charge is -2.10. The molecular formula is C11H14ClN3OS. The van der Waals surface area contributed by atoms with E-state index in [-0.39, 0.29) is 6.04 Å². The Kier molecular flexibility index (Phi) is 4.15. The molecule has 0 aliphatic heterocycles. The fourth-order valence-corrected chi connectivity index (χ4v) is 2.50. The number of rotatable bonds is 5. The van der Waals surface area contributed by atoms with Gasteiger partial charge in [-0.3, -0.25) is 0 Å². The van der Waals surface area contributed by atoms with Crippen molar-refractivity contribution in [1.82, 2.24) is 15.5 Å². The van der Waals surface area contributed by atoms with Crippen molar-refractivity contribution >= 4 is 22.9 Å². The van der Waals surface area contributed by atoms with E-state index in [9.17, 15) is 0 Å². The topological polar surface area (TPSA) is 51.0 Å². The van der Waals surface area contributed by atoms with Gasteiger partial charge < -0.3 is 9.84 Å². The summed E-state index contributed by atoms with van der Waals surface area (Å²) in [7, 11) is 0. The average Bonchev–Trinajstić information content (AvgIpc) is 2.88. The van der Waals surface area contributed by atoms with Crippen LogP contribution in [0.1, 0.15) is 30.2 Å². The van der Waals surface area contributed by atoms with E-state index in [0.29, 0.717) is 5.89 Å². The molecule has 1 atom stereocenters. The van der Waals surface area contributed by atoms with Crippen molar-refractivity contribution in [2.45, 2.75) is 26.3 Å². The second-order valence-corrected chi connectivity index (χ2v) is 5.38. The van der Waals surface area contributed by atoms with Crippen molar-refractivity contribution in [2.24, 2.45) is 0 Å². The zero-order chi connectivity index (χ0) is 12.3. The number of aryl methyl sites for hydroxylation is 1. The van der Waals surface area contributed by atoms with Gasteiger partial charge in [0.1, 0.15) is 0 Å². The maximum absolute atomic E-state index is 5.90. The molecule has 92 valence electrons. The van der Waals surface area contributed by atoms with Crippen LogP contribution in [-0.4, -0.2) is 16.7 Å². The fraction of sp³-hybridized carbons (Fsp3) is 0.455. The summed E-state index contributed by atoms with van der Waals surface area (Å²) >= 11 is 7.45. The molecule has 17 heavy (non-hydrogen) atoms. The van der Waals surface area contributed by atoms with Gasteiger partial charge in [0.2, 0.25) is 5.89 Å². The molecule has 0 saturated carbocycles. The molecule has 4 nitrogen and oxygen atoms in total. The minimum atomic E-state index is 0.284. The second kappa shape index (κ2) is 5.62. The van der Waals surface area contributed by atoms with E-state index in [1.165, 1.54) is 5.56 Å². The first-order valence-corrected chi connectivity index (χ1v) is 6.67. The molecule has 0 fully saturated rings. The van der Waals surface area contributed by atoms with Crippen LogP contribution in [0, 0.1) is 6.92 Å². The van der Waals surface area contributed by atoms with Gasteiger partial charge in [-0.05, 0) is 23.9 Å². The molecular weight excluding hydrogens is 258 g/mol. The van der Waals surface area contributed by atoms with Gasteiger partial charge in [0.15, 0.2) is 5.82 Å². The van der Waals surface area contributed by atoms with Crippen LogP contribution < -0.4 is 5.32 Å². The monoisotopic (exact) mass is 271 g/mol. The van der Waals surface area contributed by atoms with Crippen molar-refractivity contribution in [3.05, 3.63) is 33.1 Å². The van der Waals surface area contributed by atoms with Crippen LogP contribution in [0.3, 0.4) is 0 Å². The van der Waals surface area contributed by atoms with E-state index in [1.54, 1.807) is 18.3 Å². The maximum atomic E-state index is 5.90. The summed E-state index contributed by atoms with van der Waals surface area (Å²) in [6.45, 7) is 4.72. The molecule has 0 radical (unpaired) electrons. The Morgan fingerprint density at radius 2 is 2.41 bits per heavy atom. The molecule has 0 saturated heterocycles. The smallest absolute Gasteiger partial charge is 0.223 e. The number of hydrogen-bond acceptors (Lipinski definition) is 5. The predicted octanol–water partition coefficient (Wildman–Crippen LogP) is 2.99. The van der Waals surface area contributed by atoms with Crippen molar-refractivity contribution < 1.29 is 4.52 Å². The van der Waals surface area contributed by atoms with Crippen LogP contribution in [0.25, 0.3) is 0 Å². The minimum Gasteiger partial charge on any atom is -0.340 e. The number of aromatic nitrogens is 2. The summed E-state index contributed by atoms with van der Waals surface area (Å²) in [6, 6.07) is 2.27. The van der Waals surface area contributed by atoms with Gasteiger partial charge in [-0.2, -0.15) is 4.98 Å². The summed E-state index contributed by atoms with van der Waals surface area (Å²) in [4.78, 5) is 4.15. The zero-order valence-corrected chi connectivity index (χ0v) is 11.3. The summed E-state index contributed by atoms with van der Waals surface area (Å²) in [5.74, 6) is 1.35. The second-order valence-electron chi connectivity index (χ2n) is 3.84. The van der Waals surface area contributed by atoms with E-state index in [4.69, 9.17) is 16.1 Å². The summed E-state index contributed by atoms with van der Waals surface area (Å²) in [5, 5.41) is 9.31. The molecule has 1 unspecified atom stereocenters. The normalized spacial score (nSPS) is 12.9. The highest BCUT2D eigenvalue weighted by molar-refractivity contribution is 7.14. The van der Waals surface area contributed by atoms with E-state index < -0.39 is 0 Å². The lowest BCUT2D eigenvalue weighted by Crippen LogP contribution is -2.21. The lowest BCUT2D eigenvalue weighted by atomic mass is 10.2. The molecule has 2 heterocycles. The van der Waals surface area contributed by atoms with Crippen LogP contribution in [0.15, 0.2) is 16.0 Å². The van der Waals surface area contributed by atoms with Gasteiger partial charge in [-0.1, -0.05) is 16.8 Å². The molecule has 0 aliphatic rings. The summed E-state index contributed by atoms with van der Waals surface area (Å²) < 4.78 is 5.73. The summed E-state index contributed by atoms with van der Waals surface area (Å²) in [5.41, 5.74) is 1.21. The highest BCUT2D eigenvalue weighted by Gasteiger charge is 2.08. The fourth-order valence-electron chi connectivity index (χ4n) is 1.51. The SMILES string of the molecule is Cc1nc(CCNC(C)c2csc(Cl)c2)no1. The standard InChI is InChI=1S/C11H14ClN3OS/c1-7(9-5-10(12)17-6-9)13-4-3-11-14-8(2)16-15-11/h5-7,13H,3-4H2,1-2H3. The average molecular weight is 272 g/mol. The van der Waals surface area contributed by atoms with Gasteiger partial charge in [0, 0.05) is 25.9 Å². The van der Waals surface area contributed by atoms with Crippen LogP contribution in [-0.2, 0) is 6.42 Å². The number of nitrogens with zero attached hydrogens (tertiary/aromatic N) is 2. The number of halogens is 1. The maximum Gasteiger partial charge on any atom is 0.223 e. The molecule has 6 heteroatoms. The largest absolute Gasteiger partial charge is 0.340 e. The molecule has 1 N–H and O–H groups in total. The molecule has 0 aromatic carbocycles. The first kappa shape index (κ1) is 12.5. The van der Waals surface area contributed by atoms with E-state index in [0.717, 1.165) is 23.1 Å². The van der Waals surface area contributed by atoms with Crippen molar-refractivity contribution in [2.75, 3.05) is 6.54 Å². The first-order chi connectivity index (χ1) is 8.15. The predicted molar refractivity (Wildman–Crippen MR) is 68.5 cm³/mol. The Labute approximate surface area is 109 Å². The van der Waals surface area contributed by atoms with Crippen molar-refractivity contribution in [1.29, 1.82) is 0 Å². The van der Waals surface area contributed by atoms with Crippen molar-refractivity contribution in [3.8, 4) is 0 Å². The molecule has 0 spiro atoms. The minimum absolute atomic E-state index is 0.284. The third-order valence-electron chi connectivity index (χ3n) is 2.46. The van der Waals surface area contributed by atoms with Gasteiger partial charge in [0.25, 0.3) is 0 Å². The quantitative estimate of drug-likeness (QED) is 0.908. The van der Waals surface area contributed by atoms with Gasteiger partial charge in [-0.25, -0.2) is 0 Å². The van der Waals surface area contributed by atoms with Crippen LogP contribution in [0.2, 0.25) is 4.34 Å². The third-order valence-corrected chi connectivity index (χ3v) is 3.57. The molecule has 0 bridgehead atoms. The Morgan fingerprint density at radius 3 is 3.00 bits per heavy atom. The molecule has 2 aromatic rings. The third kappa shape index (κ3) is 3.52. The highest BCUT2D eigenvalue weighted by atomic mass is 35.5. The van der Waals surface area contributed by atoms with Gasteiger partial charge in [-0.15, -0.1) is 11.3 Å². The molecule has 0 amide bonds. The molecule has 0 aliphatic carbocycles. The zero-order valence-electron chi connectivity index (χ0n) is 9.74. The van der Waals surface area contributed by atoms with Crippen LogP contribution in [0.4, 0.5) is 0 Å². The van der Waals surface area contributed by atoms with Crippen LogP contribution >= 0.6 is 22.9 Å². The number of hydrogen-bond donors (Lipinski definition) is 1. The lowest BCUT2D eigenvalue weighted by molar-refractivity contribution is 0.386. The number of thiophene rings is 1. The Balaban J connectivity index is 1.78. The van der Waals surface area contributed by atoms with Gasteiger partial charge in [0.05, 0.1) is 4.34 Å². The number of nitrogens with one attached hydrogen (secondary N) is 1. The summed E-state index contributed by atoms with van der Waals surface area (Å²) in [6.07, 6.45) is 0.763. The molecule has 2 rings (SSSR count). The highest BCUT2D eigenvalue weighted by Crippen LogP contribution is 2.24. The van der Waals surface area contributed by atoms with Crippen LogP contribution in [0.5, 0.6) is 0 Å². The Hall–Kier alpha value is -0.910. The molecule has 2 aromatic heterocycles. The van der Waals surface area contributed by atoms with E-state index >= 15 is 0 Å². The Bertz CT molecular complexity index is 483. The first-order valence-electron chi connectivity index (χ1n) is 5.41. The Morgan fingerprint density at radius 1 is 1.59 bits per heavy atom. The van der Waals surface area contributed by atoms with E-state index in [2.05, 4.69) is 27.8 Å². The van der Waals surface area contributed by atoms with Crippen molar-refractivity contribution in [3.63, 3.8) is 0 Å².